The molecule has 1 N–H and O–H groups in total. The van der Waals surface area contributed by atoms with Crippen molar-refractivity contribution < 1.29 is 4.39 Å². The molecule has 1 aliphatic rings. The lowest BCUT2D eigenvalue weighted by Gasteiger charge is -2.59. The molecule has 3 heteroatoms. The Morgan fingerprint density at radius 2 is 2.11 bits per heavy atom. The molecule has 1 aromatic rings. The second kappa shape index (κ2) is 4.96. The van der Waals surface area contributed by atoms with Gasteiger partial charge in [0.25, 0.3) is 0 Å². The Bertz CT molecular complexity index is 403. The van der Waals surface area contributed by atoms with Gasteiger partial charge >= 0.3 is 0 Å². The van der Waals surface area contributed by atoms with Gasteiger partial charge < -0.3 is 5.32 Å². The summed E-state index contributed by atoms with van der Waals surface area (Å²) in [5.74, 6) is 0.715. The van der Waals surface area contributed by atoms with Gasteiger partial charge in [-0.25, -0.2) is 4.39 Å². The van der Waals surface area contributed by atoms with Crippen LogP contribution in [-0.4, -0.2) is 17.6 Å². The fourth-order valence-corrected chi connectivity index (χ4v) is 3.73. The lowest BCUT2D eigenvalue weighted by molar-refractivity contribution is -0.0209. The molecule has 0 bridgehead atoms. The molecule has 1 aliphatic carbocycles. The molecule has 2 rings (SSSR count). The van der Waals surface area contributed by atoms with Crippen molar-refractivity contribution in [3.8, 4) is 0 Å². The lowest BCUT2D eigenvalue weighted by Crippen LogP contribution is -2.62. The number of hydrogen-bond donors (Lipinski definition) is 1. The molecule has 4 unspecified atom stereocenters. The molecule has 0 aromatic carbocycles. The fourth-order valence-electron chi connectivity index (χ4n) is 3.73. The second-order valence-electron chi connectivity index (χ2n) is 5.63. The number of nitrogens with zero attached hydrogens (tertiary/aromatic N) is 1. The molecule has 1 saturated carbocycles. The Hall–Kier alpha value is -0.960. The number of halogens is 1. The van der Waals surface area contributed by atoms with E-state index in [-0.39, 0.29) is 11.2 Å². The minimum Gasteiger partial charge on any atom is -0.313 e. The number of nitrogens with one attached hydrogen (secondary N) is 1. The molecule has 0 amide bonds. The van der Waals surface area contributed by atoms with Gasteiger partial charge in [0.1, 0.15) is 5.82 Å². The van der Waals surface area contributed by atoms with Crippen molar-refractivity contribution in [2.45, 2.75) is 46.1 Å². The molecule has 2 nitrogen and oxygen atoms in total. The monoisotopic (exact) mass is 250 g/mol. The van der Waals surface area contributed by atoms with Gasteiger partial charge in [0.05, 0.1) is 6.20 Å². The first-order chi connectivity index (χ1) is 8.54. The first kappa shape index (κ1) is 13.5. The molecule has 4 atom stereocenters. The maximum absolute atomic E-state index is 13.0. The van der Waals surface area contributed by atoms with Crippen LogP contribution in [-0.2, 0) is 0 Å². The Kier molecular flexibility index (Phi) is 3.71. The minimum absolute atomic E-state index is 0.222. The van der Waals surface area contributed by atoms with Crippen molar-refractivity contribution in [3.05, 3.63) is 29.8 Å². The van der Waals surface area contributed by atoms with Gasteiger partial charge in [0, 0.05) is 17.7 Å². The SMILES string of the molecule is CCNC1C(C)C(c2ccc(F)cn2)C1(C)CC. The highest BCUT2D eigenvalue weighted by atomic mass is 19.1. The number of pyridine rings is 1. The summed E-state index contributed by atoms with van der Waals surface area (Å²) < 4.78 is 13.0. The quantitative estimate of drug-likeness (QED) is 0.886. The summed E-state index contributed by atoms with van der Waals surface area (Å²) in [4.78, 5) is 4.29. The summed E-state index contributed by atoms with van der Waals surface area (Å²) >= 11 is 0. The minimum atomic E-state index is -0.257. The molecular weight excluding hydrogens is 227 g/mol. The summed E-state index contributed by atoms with van der Waals surface area (Å²) in [6, 6.07) is 3.89. The average Bonchev–Trinajstić information content (AvgIpc) is 2.38. The van der Waals surface area contributed by atoms with Gasteiger partial charge in [-0.1, -0.05) is 27.7 Å². The topological polar surface area (TPSA) is 24.9 Å². The third-order valence-corrected chi connectivity index (χ3v) is 4.73. The van der Waals surface area contributed by atoms with E-state index in [4.69, 9.17) is 0 Å². The first-order valence-electron chi connectivity index (χ1n) is 6.89. The zero-order chi connectivity index (χ0) is 13.3. The van der Waals surface area contributed by atoms with E-state index in [2.05, 4.69) is 38.0 Å². The van der Waals surface area contributed by atoms with E-state index < -0.39 is 0 Å². The summed E-state index contributed by atoms with van der Waals surface area (Å²) in [6.07, 6.45) is 2.44. The van der Waals surface area contributed by atoms with Crippen molar-refractivity contribution in [2.75, 3.05) is 6.54 Å². The summed E-state index contributed by atoms with van der Waals surface area (Å²) in [6.45, 7) is 9.95. The van der Waals surface area contributed by atoms with Gasteiger partial charge in [-0.3, -0.25) is 4.98 Å². The lowest BCUT2D eigenvalue weighted by atomic mass is 9.49. The third-order valence-electron chi connectivity index (χ3n) is 4.73. The molecule has 1 fully saturated rings. The maximum atomic E-state index is 13.0. The van der Waals surface area contributed by atoms with E-state index in [0.717, 1.165) is 18.7 Å². The Balaban J connectivity index is 2.25. The smallest absolute Gasteiger partial charge is 0.141 e. The van der Waals surface area contributed by atoms with Crippen LogP contribution >= 0.6 is 0 Å². The van der Waals surface area contributed by atoms with Gasteiger partial charge in [-0.05, 0) is 36.4 Å². The van der Waals surface area contributed by atoms with Crippen LogP contribution in [0.1, 0.15) is 45.7 Å². The van der Waals surface area contributed by atoms with Crippen molar-refractivity contribution in [1.29, 1.82) is 0 Å². The normalized spacial score (nSPS) is 35.3. The number of aromatic nitrogens is 1. The van der Waals surface area contributed by atoms with Gasteiger partial charge in [-0.15, -0.1) is 0 Å². The molecule has 0 radical (unpaired) electrons. The van der Waals surface area contributed by atoms with Crippen LogP contribution < -0.4 is 5.32 Å². The van der Waals surface area contributed by atoms with Crippen molar-refractivity contribution >= 4 is 0 Å². The van der Waals surface area contributed by atoms with E-state index in [1.54, 1.807) is 0 Å². The highest BCUT2D eigenvalue weighted by molar-refractivity contribution is 5.24. The summed E-state index contributed by atoms with van der Waals surface area (Å²) in [5, 5.41) is 3.58. The van der Waals surface area contributed by atoms with Crippen molar-refractivity contribution in [1.82, 2.24) is 10.3 Å². The molecular formula is C15H23FN2. The highest BCUT2D eigenvalue weighted by Crippen LogP contribution is 2.58. The Morgan fingerprint density at radius 1 is 1.39 bits per heavy atom. The molecule has 0 spiro atoms. The van der Waals surface area contributed by atoms with E-state index in [9.17, 15) is 4.39 Å². The fraction of sp³-hybridized carbons (Fsp3) is 0.667. The predicted molar refractivity (Wildman–Crippen MR) is 72.0 cm³/mol. The predicted octanol–water partition coefficient (Wildman–Crippen LogP) is 3.35. The van der Waals surface area contributed by atoms with Crippen LogP contribution in [0.25, 0.3) is 0 Å². The molecule has 100 valence electrons. The molecule has 1 aromatic heterocycles. The largest absolute Gasteiger partial charge is 0.313 e. The number of rotatable bonds is 4. The molecule has 0 saturated heterocycles. The van der Waals surface area contributed by atoms with Crippen LogP contribution in [0.5, 0.6) is 0 Å². The van der Waals surface area contributed by atoms with E-state index >= 15 is 0 Å². The zero-order valence-corrected chi connectivity index (χ0v) is 11.7. The average molecular weight is 250 g/mol. The van der Waals surface area contributed by atoms with Crippen molar-refractivity contribution in [3.63, 3.8) is 0 Å². The van der Waals surface area contributed by atoms with Crippen LogP contribution in [0.4, 0.5) is 4.39 Å². The first-order valence-corrected chi connectivity index (χ1v) is 6.89. The second-order valence-corrected chi connectivity index (χ2v) is 5.63. The van der Waals surface area contributed by atoms with E-state index in [1.165, 1.54) is 12.3 Å². The Morgan fingerprint density at radius 3 is 2.61 bits per heavy atom. The van der Waals surface area contributed by atoms with Crippen LogP contribution in [0, 0.1) is 17.2 Å². The summed E-state index contributed by atoms with van der Waals surface area (Å²) in [5.41, 5.74) is 1.25. The van der Waals surface area contributed by atoms with Gasteiger partial charge in [0.2, 0.25) is 0 Å². The zero-order valence-electron chi connectivity index (χ0n) is 11.7. The van der Waals surface area contributed by atoms with Crippen molar-refractivity contribution in [2.24, 2.45) is 11.3 Å². The van der Waals surface area contributed by atoms with E-state index in [1.807, 2.05) is 6.07 Å². The van der Waals surface area contributed by atoms with Gasteiger partial charge in [-0.2, -0.15) is 0 Å². The highest BCUT2D eigenvalue weighted by Gasteiger charge is 2.56. The molecule has 0 aliphatic heterocycles. The molecule has 1 heterocycles. The Labute approximate surface area is 109 Å². The standard InChI is InChI=1S/C15H23FN2/c1-5-15(4)13(10(3)14(15)17-6-2)12-8-7-11(16)9-18-12/h7-10,13-14,17H,5-6H2,1-4H3. The van der Waals surface area contributed by atoms with E-state index in [0.29, 0.717) is 17.9 Å². The molecule has 18 heavy (non-hydrogen) atoms. The van der Waals surface area contributed by atoms with Crippen LogP contribution in [0.3, 0.4) is 0 Å². The van der Waals surface area contributed by atoms with Crippen LogP contribution in [0.15, 0.2) is 18.3 Å². The summed E-state index contributed by atoms with van der Waals surface area (Å²) in [7, 11) is 0. The third kappa shape index (κ3) is 1.95. The maximum Gasteiger partial charge on any atom is 0.141 e. The van der Waals surface area contributed by atoms with Gasteiger partial charge in [0.15, 0.2) is 0 Å². The number of hydrogen-bond acceptors (Lipinski definition) is 2. The van der Waals surface area contributed by atoms with Crippen LogP contribution in [0.2, 0.25) is 0 Å².